The molecule has 0 fully saturated rings. The molecule has 0 saturated heterocycles. The molecule has 4 nitrogen and oxygen atoms in total. The van der Waals surface area contributed by atoms with Crippen LogP contribution in [0.3, 0.4) is 0 Å². The molecule has 1 heterocycles. The number of nitrogens with one attached hydrogen (secondary N) is 1. The van der Waals surface area contributed by atoms with Crippen molar-refractivity contribution < 1.29 is 4.79 Å². The number of rotatable bonds is 4. The summed E-state index contributed by atoms with van der Waals surface area (Å²) in [4.78, 5) is 18.6. The Bertz CT molecular complexity index is 935. The van der Waals surface area contributed by atoms with Crippen molar-refractivity contribution in [2.45, 2.75) is 0 Å². The molecule has 0 bridgehead atoms. The van der Waals surface area contributed by atoms with Gasteiger partial charge in [0.25, 0.3) is 5.91 Å². The van der Waals surface area contributed by atoms with Gasteiger partial charge in [-0.3, -0.25) is 4.79 Å². The summed E-state index contributed by atoms with van der Waals surface area (Å²) in [7, 11) is 4.00. The molecule has 0 spiro atoms. The van der Waals surface area contributed by atoms with Gasteiger partial charge in [0.05, 0.1) is 6.54 Å². The molecule has 1 amide bonds. The second kappa shape index (κ2) is 8.32. The lowest BCUT2D eigenvalue weighted by Gasteiger charge is -2.11. The van der Waals surface area contributed by atoms with Crippen molar-refractivity contribution in [2.24, 2.45) is 0 Å². The number of hydrogen-bond acceptors (Lipinski definition) is 4. The first-order chi connectivity index (χ1) is 12.6. The Morgan fingerprint density at radius 1 is 1.12 bits per heavy atom. The Morgan fingerprint density at radius 2 is 1.85 bits per heavy atom. The Balaban J connectivity index is 1.56. The van der Waals surface area contributed by atoms with Gasteiger partial charge in [-0.05, 0) is 24.3 Å². The first-order valence-corrected chi connectivity index (χ1v) is 9.07. The number of amides is 1. The van der Waals surface area contributed by atoms with E-state index < -0.39 is 0 Å². The van der Waals surface area contributed by atoms with Crippen LogP contribution < -0.4 is 10.2 Å². The topological polar surface area (TPSA) is 45.2 Å². The van der Waals surface area contributed by atoms with Gasteiger partial charge in [0.15, 0.2) is 0 Å². The lowest BCUT2D eigenvalue weighted by Crippen LogP contribution is -2.23. The van der Waals surface area contributed by atoms with Crippen LogP contribution in [-0.4, -0.2) is 31.5 Å². The van der Waals surface area contributed by atoms with E-state index in [0.717, 1.165) is 21.8 Å². The van der Waals surface area contributed by atoms with E-state index in [0.29, 0.717) is 5.69 Å². The lowest BCUT2D eigenvalue weighted by atomic mass is 10.2. The molecule has 2 aromatic carbocycles. The van der Waals surface area contributed by atoms with Gasteiger partial charge in [0.2, 0.25) is 0 Å². The SMILES string of the molecule is CN(C)c1ccc(C#CCNC(=O)c2csc(-c3ccccc3)n2)cc1. The summed E-state index contributed by atoms with van der Waals surface area (Å²) in [5.41, 5.74) is 3.48. The van der Waals surface area contributed by atoms with Crippen molar-refractivity contribution in [3.63, 3.8) is 0 Å². The minimum Gasteiger partial charge on any atom is -0.378 e. The number of hydrogen-bond donors (Lipinski definition) is 1. The molecule has 0 aliphatic carbocycles. The van der Waals surface area contributed by atoms with Crippen LogP contribution in [0.5, 0.6) is 0 Å². The first-order valence-electron chi connectivity index (χ1n) is 8.19. The maximum Gasteiger partial charge on any atom is 0.271 e. The van der Waals surface area contributed by atoms with Crippen LogP contribution in [0, 0.1) is 11.8 Å². The highest BCUT2D eigenvalue weighted by molar-refractivity contribution is 7.13. The minimum atomic E-state index is -0.208. The molecule has 26 heavy (non-hydrogen) atoms. The molecule has 130 valence electrons. The Labute approximate surface area is 157 Å². The van der Waals surface area contributed by atoms with E-state index in [-0.39, 0.29) is 12.5 Å². The molecule has 0 saturated carbocycles. The van der Waals surface area contributed by atoms with E-state index >= 15 is 0 Å². The summed E-state index contributed by atoms with van der Waals surface area (Å²) in [5, 5.41) is 5.39. The van der Waals surface area contributed by atoms with Gasteiger partial charge in [-0.1, -0.05) is 42.2 Å². The molecule has 3 aromatic rings. The van der Waals surface area contributed by atoms with E-state index in [1.165, 1.54) is 11.3 Å². The number of carbonyl (C=O) groups is 1. The quantitative estimate of drug-likeness (QED) is 0.722. The molecule has 1 N–H and O–H groups in total. The average molecular weight is 361 g/mol. The molecule has 0 unspecified atom stereocenters. The molecule has 0 aliphatic heterocycles. The molecule has 0 aliphatic rings. The van der Waals surface area contributed by atoms with Crippen LogP contribution in [0.1, 0.15) is 16.1 Å². The van der Waals surface area contributed by atoms with E-state index in [4.69, 9.17) is 0 Å². The zero-order chi connectivity index (χ0) is 18.4. The van der Waals surface area contributed by atoms with E-state index in [1.807, 2.05) is 73.6 Å². The van der Waals surface area contributed by atoms with Crippen molar-refractivity contribution >= 4 is 22.9 Å². The van der Waals surface area contributed by atoms with Crippen LogP contribution in [0.15, 0.2) is 60.0 Å². The normalized spacial score (nSPS) is 9.92. The van der Waals surface area contributed by atoms with Gasteiger partial charge in [-0.2, -0.15) is 0 Å². The van der Waals surface area contributed by atoms with E-state index in [1.54, 1.807) is 5.38 Å². The highest BCUT2D eigenvalue weighted by Gasteiger charge is 2.10. The number of carbonyl (C=O) groups excluding carboxylic acids is 1. The predicted octanol–water partition coefficient (Wildman–Crippen LogP) is 3.66. The summed E-state index contributed by atoms with van der Waals surface area (Å²) in [6.45, 7) is 0.284. The zero-order valence-electron chi connectivity index (χ0n) is 14.7. The summed E-state index contributed by atoms with van der Waals surface area (Å²) < 4.78 is 0. The average Bonchev–Trinajstić information content (AvgIpc) is 3.16. The van der Waals surface area contributed by atoms with Crippen LogP contribution in [0.4, 0.5) is 5.69 Å². The number of anilines is 1. The second-order valence-electron chi connectivity index (χ2n) is 5.83. The van der Waals surface area contributed by atoms with Crippen molar-refractivity contribution in [3.05, 3.63) is 71.2 Å². The van der Waals surface area contributed by atoms with E-state index in [9.17, 15) is 4.79 Å². The largest absolute Gasteiger partial charge is 0.378 e. The summed E-state index contributed by atoms with van der Waals surface area (Å²) in [5.74, 6) is 5.81. The molecule has 0 radical (unpaired) electrons. The van der Waals surface area contributed by atoms with Crippen molar-refractivity contribution in [1.82, 2.24) is 10.3 Å². The summed E-state index contributed by atoms with van der Waals surface area (Å²) in [6, 6.07) is 17.8. The number of benzene rings is 2. The second-order valence-corrected chi connectivity index (χ2v) is 6.69. The number of aromatic nitrogens is 1. The van der Waals surface area contributed by atoms with Gasteiger partial charge < -0.3 is 10.2 Å². The van der Waals surface area contributed by atoms with Gasteiger partial charge >= 0.3 is 0 Å². The molecule has 5 heteroatoms. The highest BCUT2D eigenvalue weighted by Crippen LogP contribution is 2.23. The van der Waals surface area contributed by atoms with Crippen LogP contribution in [0.2, 0.25) is 0 Å². The van der Waals surface area contributed by atoms with Crippen molar-refractivity contribution in [3.8, 4) is 22.4 Å². The van der Waals surface area contributed by atoms with Gasteiger partial charge in [-0.15, -0.1) is 11.3 Å². The molecular weight excluding hydrogens is 342 g/mol. The molecule has 0 atom stereocenters. The smallest absolute Gasteiger partial charge is 0.271 e. The predicted molar refractivity (Wildman–Crippen MR) is 108 cm³/mol. The minimum absolute atomic E-state index is 0.208. The van der Waals surface area contributed by atoms with Crippen LogP contribution >= 0.6 is 11.3 Å². The molecule has 3 rings (SSSR count). The maximum atomic E-state index is 12.2. The molecule has 1 aromatic heterocycles. The third kappa shape index (κ3) is 4.50. The fraction of sp³-hybridized carbons (Fsp3) is 0.143. The number of thiazole rings is 1. The Morgan fingerprint density at radius 3 is 2.54 bits per heavy atom. The Kier molecular flexibility index (Phi) is 5.67. The van der Waals surface area contributed by atoms with Gasteiger partial charge in [-0.25, -0.2) is 4.98 Å². The fourth-order valence-corrected chi connectivity index (χ4v) is 3.10. The third-order valence-corrected chi connectivity index (χ3v) is 4.60. The lowest BCUT2D eigenvalue weighted by molar-refractivity contribution is 0.0954. The van der Waals surface area contributed by atoms with Crippen molar-refractivity contribution in [2.75, 3.05) is 25.5 Å². The summed E-state index contributed by atoms with van der Waals surface area (Å²) in [6.07, 6.45) is 0. The molecular formula is C21H19N3OS. The standard InChI is InChI=1S/C21H19N3OS/c1-24(2)18-12-10-16(11-13-18)7-6-14-22-20(25)19-15-26-21(23-19)17-8-4-3-5-9-17/h3-5,8-13,15H,14H2,1-2H3,(H,22,25). The van der Waals surface area contributed by atoms with Gasteiger partial charge in [0.1, 0.15) is 10.7 Å². The number of nitrogens with zero attached hydrogens (tertiary/aromatic N) is 2. The Hall–Kier alpha value is -3.10. The van der Waals surface area contributed by atoms with Crippen LogP contribution in [0.25, 0.3) is 10.6 Å². The monoisotopic (exact) mass is 361 g/mol. The van der Waals surface area contributed by atoms with Gasteiger partial charge in [0, 0.05) is 36.3 Å². The van der Waals surface area contributed by atoms with Crippen molar-refractivity contribution in [1.29, 1.82) is 0 Å². The van der Waals surface area contributed by atoms with Crippen LogP contribution in [-0.2, 0) is 0 Å². The summed E-state index contributed by atoms with van der Waals surface area (Å²) >= 11 is 1.46. The first kappa shape index (κ1) is 17.7. The fourth-order valence-electron chi connectivity index (χ4n) is 2.30. The maximum absolute atomic E-state index is 12.2. The highest BCUT2D eigenvalue weighted by atomic mass is 32.1. The third-order valence-electron chi connectivity index (χ3n) is 3.71. The zero-order valence-corrected chi connectivity index (χ0v) is 15.5. The van der Waals surface area contributed by atoms with E-state index in [2.05, 4.69) is 22.1 Å².